The SMILES string of the molecule is CC(=O)NC[C@H]1CC[C@H](c2nc(-c3cc4cccc(C)c4[nH]3)c3c(N)ncnn32)CC1. The second-order valence-corrected chi connectivity index (χ2v) is 8.60. The molecule has 5 rings (SSSR count). The second kappa shape index (κ2) is 7.68. The fourth-order valence-corrected chi connectivity index (χ4v) is 4.78. The number of para-hydroxylation sites is 1. The molecule has 1 fully saturated rings. The van der Waals surface area contributed by atoms with Gasteiger partial charge in [-0.25, -0.2) is 14.5 Å². The summed E-state index contributed by atoms with van der Waals surface area (Å²) in [6.07, 6.45) is 5.63. The smallest absolute Gasteiger partial charge is 0.216 e. The zero-order valence-electron chi connectivity index (χ0n) is 17.9. The van der Waals surface area contributed by atoms with E-state index in [1.807, 2.05) is 4.52 Å². The summed E-state index contributed by atoms with van der Waals surface area (Å²) in [5, 5.41) is 8.60. The van der Waals surface area contributed by atoms with E-state index in [9.17, 15) is 4.79 Å². The monoisotopic (exact) mass is 417 g/mol. The van der Waals surface area contributed by atoms with E-state index in [1.165, 1.54) is 11.9 Å². The lowest BCUT2D eigenvalue weighted by Gasteiger charge is -2.27. The van der Waals surface area contributed by atoms with Crippen LogP contribution in [0.3, 0.4) is 0 Å². The quantitative estimate of drug-likeness (QED) is 0.470. The molecule has 1 aliphatic rings. The highest BCUT2D eigenvalue weighted by molar-refractivity contribution is 5.92. The van der Waals surface area contributed by atoms with Gasteiger partial charge in [-0.05, 0) is 50.2 Å². The second-order valence-electron chi connectivity index (χ2n) is 8.60. The van der Waals surface area contributed by atoms with Gasteiger partial charge in [0.15, 0.2) is 5.82 Å². The average Bonchev–Trinajstić information content (AvgIpc) is 3.36. The fraction of sp³-hybridized carbons (Fsp3) is 0.391. The van der Waals surface area contributed by atoms with Crippen molar-refractivity contribution in [3.63, 3.8) is 0 Å². The number of carbonyl (C=O) groups excluding carboxylic acids is 1. The van der Waals surface area contributed by atoms with Crippen molar-refractivity contribution in [1.29, 1.82) is 0 Å². The Bertz CT molecular complexity index is 1260. The Balaban J connectivity index is 1.51. The van der Waals surface area contributed by atoms with Gasteiger partial charge in [0.2, 0.25) is 5.91 Å². The summed E-state index contributed by atoms with van der Waals surface area (Å²) in [7, 11) is 0. The number of nitrogens with one attached hydrogen (secondary N) is 2. The van der Waals surface area contributed by atoms with Gasteiger partial charge < -0.3 is 16.0 Å². The molecule has 0 atom stereocenters. The number of imidazole rings is 1. The molecule has 1 amide bonds. The predicted octanol–water partition coefficient (Wildman–Crippen LogP) is 3.57. The maximum Gasteiger partial charge on any atom is 0.216 e. The predicted molar refractivity (Wildman–Crippen MR) is 121 cm³/mol. The normalized spacial score (nSPS) is 19.2. The van der Waals surface area contributed by atoms with Crippen LogP contribution in [-0.2, 0) is 4.79 Å². The highest BCUT2D eigenvalue weighted by Crippen LogP contribution is 2.38. The Hall–Kier alpha value is -3.42. The number of aromatic amines is 1. The van der Waals surface area contributed by atoms with Gasteiger partial charge in [0.25, 0.3) is 0 Å². The van der Waals surface area contributed by atoms with Crippen LogP contribution in [0.5, 0.6) is 0 Å². The van der Waals surface area contributed by atoms with Crippen LogP contribution in [0.15, 0.2) is 30.6 Å². The zero-order valence-corrected chi connectivity index (χ0v) is 17.9. The van der Waals surface area contributed by atoms with Crippen LogP contribution >= 0.6 is 0 Å². The number of aryl methyl sites for hydroxylation is 1. The van der Waals surface area contributed by atoms with Crippen molar-refractivity contribution in [3.8, 4) is 11.4 Å². The number of rotatable bonds is 4. The molecule has 4 aromatic rings. The van der Waals surface area contributed by atoms with Crippen LogP contribution in [0, 0.1) is 12.8 Å². The number of nitrogens with two attached hydrogens (primary N) is 1. The molecule has 3 heterocycles. The number of amides is 1. The van der Waals surface area contributed by atoms with Crippen LogP contribution in [0.1, 0.15) is 49.9 Å². The molecular formula is C23H27N7O. The summed E-state index contributed by atoms with van der Waals surface area (Å²) in [6, 6.07) is 8.36. The Kier molecular flexibility index (Phi) is 4.84. The Morgan fingerprint density at radius 3 is 2.84 bits per heavy atom. The van der Waals surface area contributed by atoms with Gasteiger partial charge in [-0.1, -0.05) is 18.2 Å². The highest BCUT2D eigenvalue weighted by atomic mass is 16.1. The van der Waals surface area contributed by atoms with Crippen molar-refractivity contribution in [3.05, 3.63) is 42.0 Å². The van der Waals surface area contributed by atoms with E-state index >= 15 is 0 Å². The van der Waals surface area contributed by atoms with E-state index in [0.717, 1.165) is 65.9 Å². The number of anilines is 1. The average molecular weight is 418 g/mol. The van der Waals surface area contributed by atoms with E-state index in [2.05, 4.69) is 51.6 Å². The number of aromatic nitrogens is 5. The largest absolute Gasteiger partial charge is 0.382 e. The molecule has 0 radical (unpaired) electrons. The van der Waals surface area contributed by atoms with Crippen molar-refractivity contribution < 1.29 is 4.79 Å². The molecule has 1 saturated carbocycles. The molecule has 8 nitrogen and oxygen atoms in total. The molecule has 4 N–H and O–H groups in total. The number of fused-ring (bicyclic) bond motifs is 2. The van der Waals surface area contributed by atoms with Gasteiger partial charge in [-0.3, -0.25) is 4.79 Å². The maximum absolute atomic E-state index is 11.2. The van der Waals surface area contributed by atoms with Crippen molar-refractivity contribution >= 4 is 28.1 Å². The van der Waals surface area contributed by atoms with E-state index in [1.54, 1.807) is 6.92 Å². The third kappa shape index (κ3) is 3.52. The lowest BCUT2D eigenvalue weighted by atomic mass is 9.81. The number of H-pyrrole nitrogens is 1. The standard InChI is InChI=1S/C23H27N7O/c1-13-4-3-5-17-10-18(28-19(13)17)20-21-22(24)26-12-27-30(21)23(29-20)16-8-6-15(7-9-16)11-25-14(2)31/h3-5,10,12,15-16,28H,6-9,11H2,1-2H3,(H,25,31)(H2,24,26,27)/t15-,16-. The summed E-state index contributed by atoms with van der Waals surface area (Å²) in [5.74, 6) is 2.22. The van der Waals surface area contributed by atoms with Crippen LogP contribution < -0.4 is 11.1 Å². The molecule has 0 aliphatic heterocycles. The molecule has 160 valence electrons. The minimum Gasteiger partial charge on any atom is -0.382 e. The van der Waals surface area contributed by atoms with Crippen LogP contribution in [0.4, 0.5) is 5.82 Å². The van der Waals surface area contributed by atoms with E-state index in [4.69, 9.17) is 10.7 Å². The summed E-state index contributed by atoms with van der Waals surface area (Å²) in [5.41, 5.74) is 11.1. The third-order valence-corrected chi connectivity index (χ3v) is 6.46. The van der Waals surface area contributed by atoms with Gasteiger partial charge in [-0.15, -0.1) is 0 Å². The molecule has 1 aromatic carbocycles. The molecular weight excluding hydrogens is 390 g/mol. The molecule has 0 bridgehead atoms. The minimum atomic E-state index is 0.0340. The highest BCUT2D eigenvalue weighted by Gasteiger charge is 2.28. The van der Waals surface area contributed by atoms with Gasteiger partial charge in [0.1, 0.15) is 23.4 Å². The van der Waals surface area contributed by atoms with E-state index in [-0.39, 0.29) is 5.91 Å². The Morgan fingerprint density at radius 2 is 2.10 bits per heavy atom. The van der Waals surface area contributed by atoms with E-state index < -0.39 is 0 Å². The van der Waals surface area contributed by atoms with Crippen molar-refractivity contribution in [2.75, 3.05) is 12.3 Å². The first kappa shape index (κ1) is 19.5. The number of benzene rings is 1. The first-order valence-electron chi connectivity index (χ1n) is 10.8. The third-order valence-electron chi connectivity index (χ3n) is 6.46. The van der Waals surface area contributed by atoms with Crippen LogP contribution in [0.2, 0.25) is 0 Å². The topological polar surface area (TPSA) is 114 Å². The van der Waals surface area contributed by atoms with Gasteiger partial charge in [0, 0.05) is 30.3 Å². The van der Waals surface area contributed by atoms with Crippen molar-refractivity contribution in [2.45, 2.75) is 45.4 Å². The number of hydrogen-bond acceptors (Lipinski definition) is 5. The zero-order chi connectivity index (χ0) is 21.5. The first-order chi connectivity index (χ1) is 15.0. The van der Waals surface area contributed by atoms with Gasteiger partial charge >= 0.3 is 0 Å². The Labute approximate surface area is 180 Å². The minimum absolute atomic E-state index is 0.0340. The molecule has 1 aliphatic carbocycles. The molecule has 0 saturated heterocycles. The molecule has 0 spiro atoms. The summed E-state index contributed by atoms with van der Waals surface area (Å²) < 4.78 is 1.87. The van der Waals surface area contributed by atoms with Crippen molar-refractivity contribution in [1.82, 2.24) is 29.9 Å². The van der Waals surface area contributed by atoms with Crippen molar-refractivity contribution in [2.24, 2.45) is 5.92 Å². The van der Waals surface area contributed by atoms with Crippen LogP contribution in [-0.4, -0.2) is 37.0 Å². The number of nitrogens with zero attached hydrogens (tertiary/aromatic N) is 4. The summed E-state index contributed by atoms with van der Waals surface area (Å²) in [6.45, 7) is 4.41. The molecule has 31 heavy (non-hydrogen) atoms. The molecule has 0 unspecified atom stereocenters. The van der Waals surface area contributed by atoms with E-state index in [0.29, 0.717) is 17.7 Å². The molecule has 8 heteroatoms. The summed E-state index contributed by atoms with van der Waals surface area (Å²) in [4.78, 5) is 24.0. The number of hydrogen-bond donors (Lipinski definition) is 3. The maximum atomic E-state index is 11.2. The van der Waals surface area contributed by atoms with Gasteiger partial charge in [-0.2, -0.15) is 5.10 Å². The number of carbonyl (C=O) groups is 1. The fourth-order valence-electron chi connectivity index (χ4n) is 4.78. The van der Waals surface area contributed by atoms with Gasteiger partial charge in [0.05, 0.1) is 5.69 Å². The molecule has 3 aromatic heterocycles. The number of nitrogen functional groups attached to an aromatic ring is 1. The lowest BCUT2D eigenvalue weighted by molar-refractivity contribution is -0.119. The Morgan fingerprint density at radius 1 is 1.29 bits per heavy atom. The first-order valence-corrected chi connectivity index (χ1v) is 10.8. The summed E-state index contributed by atoms with van der Waals surface area (Å²) >= 11 is 0. The lowest BCUT2D eigenvalue weighted by Crippen LogP contribution is -2.29. The van der Waals surface area contributed by atoms with Crippen LogP contribution in [0.25, 0.3) is 27.8 Å².